The number of carbonyl (C=O) groups excluding carboxylic acids is 1. The third kappa shape index (κ3) is 7.20. The zero-order valence-corrected chi connectivity index (χ0v) is 23.5. The number of nitrogens with zero attached hydrogens (tertiary/aromatic N) is 3. The number of hydrogen-bond donors (Lipinski definition) is 0. The highest BCUT2D eigenvalue weighted by Gasteiger charge is 2.37. The molecule has 0 saturated carbocycles. The number of rotatable bonds is 8. The largest absolute Gasteiger partial charge is 0.494 e. The zero-order valence-electron chi connectivity index (χ0n) is 22.3. The van der Waals surface area contributed by atoms with E-state index in [2.05, 4.69) is 32.9 Å². The molecule has 2 heterocycles. The summed E-state index contributed by atoms with van der Waals surface area (Å²) in [5.41, 5.74) is -0.164. The van der Waals surface area contributed by atoms with Gasteiger partial charge in [0.25, 0.3) is 5.91 Å². The third-order valence-electron chi connectivity index (χ3n) is 7.89. The molecule has 0 radical (unpaired) electrons. The minimum atomic E-state index is -4.58. The summed E-state index contributed by atoms with van der Waals surface area (Å²) in [7, 11) is 2.25. The maximum Gasteiger partial charge on any atom is 0.417 e. The normalized spacial score (nSPS) is 21.0. The van der Waals surface area contributed by atoms with Crippen LogP contribution in [0, 0.1) is 5.92 Å². The lowest BCUT2D eigenvalue weighted by atomic mass is 9.91. The molecule has 0 bridgehead atoms. The maximum absolute atomic E-state index is 13.5. The van der Waals surface area contributed by atoms with Gasteiger partial charge in [-0.25, -0.2) is 0 Å². The van der Waals surface area contributed by atoms with Crippen molar-refractivity contribution in [3.63, 3.8) is 0 Å². The number of amides is 1. The Hall–Kier alpha value is -2.31. The third-order valence-corrected chi connectivity index (χ3v) is 8.25. The molecular weight excluding hydrogens is 510 g/mol. The summed E-state index contributed by atoms with van der Waals surface area (Å²) >= 11 is 0. The highest BCUT2D eigenvalue weighted by Crippen LogP contribution is 2.33. The van der Waals surface area contributed by atoms with Crippen LogP contribution in [0.5, 0.6) is 5.75 Å². The van der Waals surface area contributed by atoms with Crippen LogP contribution < -0.4 is 14.9 Å². The zero-order chi connectivity index (χ0) is 27.3. The van der Waals surface area contributed by atoms with Gasteiger partial charge in [-0.2, -0.15) is 13.2 Å². The van der Waals surface area contributed by atoms with Crippen LogP contribution in [0.3, 0.4) is 0 Å². The van der Waals surface area contributed by atoms with Gasteiger partial charge in [0.05, 0.1) is 17.7 Å². The fraction of sp³-hybridized carbons (Fsp3) is 0.552. The van der Waals surface area contributed by atoms with Gasteiger partial charge in [0.2, 0.25) is 0 Å². The second-order valence-electron chi connectivity index (χ2n) is 10.5. The van der Waals surface area contributed by atoms with Crippen LogP contribution in [-0.4, -0.2) is 67.6 Å². The number of alkyl halides is 3. The first kappa shape index (κ1) is 28.7. The van der Waals surface area contributed by atoms with E-state index in [0.717, 1.165) is 36.4 Å². The fourth-order valence-corrected chi connectivity index (χ4v) is 5.70. The molecule has 0 aromatic heterocycles. The number of hydrogen-bond acceptors (Lipinski definition) is 4. The average Bonchev–Trinajstić information content (AvgIpc) is 2.91. The Labute approximate surface area is 226 Å². The Morgan fingerprint density at radius 1 is 1.05 bits per heavy atom. The molecule has 9 heteroatoms. The van der Waals surface area contributed by atoms with Gasteiger partial charge in [0.1, 0.15) is 5.75 Å². The molecule has 1 amide bonds. The Kier molecular flexibility index (Phi) is 9.59. The summed E-state index contributed by atoms with van der Waals surface area (Å²) in [4.78, 5) is 19.2. The number of benzene rings is 2. The molecule has 2 saturated heterocycles. The van der Waals surface area contributed by atoms with E-state index in [4.69, 9.17) is 4.74 Å². The minimum Gasteiger partial charge on any atom is -0.494 e. The number of ether oxygens (including phenoxy) is 1. The standard InChI is InChI=1S/C29H39F3N3O2P/c1-3-22-6-5-21(2)35(20-22)13-4-18-37-24-9-7-23(8-10-24)33-14-16-34(17-15-33)28(36)26-12-11-25(38)19-27(26)29(30,31)32/h7-12,19,21-22H,3-6,13-18,20,38H2,1-2H3. The Morgan fingerprint density at radius 3 is 2.42 bits per heavy atom. The molecule has 2 aromatic rings. The minimum absolute atomic E-state index is 0.293. The molecule has 3 unspecified atom stereocenters. The lowest BCUT2D eigenvalue weighted by Gasteiger charge is -2.37. The van der Waals surface area contributed by atoms with Crippen LogP contribution >= 0.6 is 9.24 Å². The van der Waals surface area contributed by atoms with Crippen molar-refractivity contribution < 1.29 is 22.7 Å². The number of likely N-dealkylation sites (tertiary alicyclic amines) is 1. The summed E-state index contributed by atoms with van der Waals surface area (Å²) in [5, 5.41) is 0.396. The number of piperidine rings is 1. The van der Waals surface area contributed by atoms with Crippen molar-refractivity contribution >= 4 is 26.1 Å². The van der Waals surface area contributed by atoms with Gasteiger partial charge in [0.15, 0.2) is 0 Å². The maximum atomic E-state index is 13.5. The predicted molar refractivity (Wildman–Crippen MR) is 150 cm³/mol. The Morgan fingerprint density at radius 2 is 1.76 bits per heavy atom. The van der Waals surface area contributed by atoms with Crippen molar-refractivity contribution in [3.8, 4) is 5.75 Å². The van der Waals surface area contributed by atoms with Crippen molar-refractivity contribution in [3.05, 3.63) is 53.6 Å². The average molecular weight is 550 g/mol. The number of piperazine rings is 1. The van der Waals surface area contributed by atoms with Gasteiger partial charge in [-0.1, -0.05) is 19.4 Å². The van der Waals surface area contributed by atoms with Gasteiger partial charge in [-0.15, -0.1) is 9.24 Å². The molecule has 0 N–H and O–H groups in total. The summed E-state index contributed by atoms with van der Waals surface area (Å²) in [5.74, 6) is 1.08. The first-order chi connectivity index (χ1) is 18.2. The van der Waals surface area contributed by atoms with Gasteiger partial charge < -0.3 is 19.4 Å². The van der Waals surface area contributed by atoms with Crippen molar-refractivity contribution in [1.82, 2.24) is 9.80 Å². The molecular formula is C29H39F3N3O2P. The lowest BCUT2D eigenvalue weighted by molar-refractivity contribution is -0.138. The highest BCUT2D eigenvalue weighted by molar-refractivity contribution is 7.27. The topological polar surface area (TPSA) is 36.0 Å². The van der Waals surface area contributed by atoms with Gasteiger partial charge in [0, 0.05) is 51.0 Å². The van der Waals surface area contributed by atoms with Gasteiger partial charge >= 0.3 is 6.18 Å². The molecule has 0 aliphatic carbocycles. The highest BCUT2D eigenvalue weighted by atomic mass is 31.0. The monoisotopic (exact) mass is 549 g/mol. The molecule has 2 aliphatic rings. The van der Waals surface area contributed by atoms with Crippen LogP contribution in [0.25, 0.3) is 0 Å². The van der Waals surface area contributed by atoms with Crippen molar-refractivity contribution in [2.75, 3.05) is 50.8 Å². The SMILES string of the molecule is CCC1CCC(C)N(CCCOc2ccc(N3CCN(C(=O)c4ccc(P)cc4C(F)(F)F)CC3)cc2)C1. The second kappa shape index (κ2) is 12.7. The van der Waals surface area contributed by atoms with E-state index < -0.39 is 17.6 Å². The Bertz CT molecular complexity index is 1070. The first-order valence-electron chi connectivity index (χ1n) is 13.6. The van der Waals surface area contributed by atoms with E-state index in [-0.39, 0.29) is 5.56 Å². The number of anilines is 1. The molecule has 2 fully saturated rings. The Balaban J connectivity index is 1.24. The molecule has 0 spiro atoms. The smallest absolute Gasteiger partial charge is 0.417 e. The molecule has 5 nitrogen and oxygen atoms in total. The predicted octanol–water partition coefficient (Wildman–Crippen LogP) is 5.45. The quantitative estimate of drug-likeness (QED) is 0.324. The van der Waals surface area contributed by atoms with Crippen molar-refractivity contribution in [1.29, 1.82) is 0 Å². The summed E-state index contributed by atoms with van der Waals surface area (Å²) < 4.78 is 46.5. The van der Waals surface area contributed by atoms with E-state index in [1.54, 1.807) is 0 Å². The summed E-state index contributed by atoms with van der Waals surface area (Å²) in [6.07, 6.45) is 0.292. The lowest BCUT2D eigenvalue weighted by Crippen LogP contribution is -2.49. The first-order valence-corrected chi connectivity index (χ1v) is 14.2. The summed E-state index contributed by atoms with van der Waals surface area (Å²) in [6.45, 7) is 9.38. The molecule has 4 rings (SSSR count). The van der Waals surface area contributed by atoms with E-state index in [1.165, 1.54) is 42.8 Å². The van der Waals surface area contributed by atoms with Crippen LogP contribution in [0.15, 0.2) is 42.5 Å². The molecule has 38 heavy (non-hydrogen) atoms. The van der Waals surface area contributed by atoms with Gasteiger partial charge in [-0.05, 0) is 73.8 Å². The van der Waals surface area contributed by atoms with Crippen LogP contribution in [0.1, 0.15) is 55.5 Å². The van der Waals surface area contributed by atoms with E-state index in [0.29, 0.717) is 44.1 Å². The summed E-state index contributed by atoms with van der Waals surface area (Å²) in [6, 6.07) is 12.4. The van der Waals surface area contributed by atoms with Crippen molar-refractivity contribution in [2.45, 2.75) is 51.7 Å². The molecule has 3 atom stereocenters. The second-order valence-corrected chi connectivity index (χ2v) is 11.1. The molecule has 2 aliphatic heterocycles. The van der Waals surface area contributed by atoms with E-state index in [1.807, 2.05) is 24.3 Å². The van der Waals surface area contributed by atoms with E-state index >= 15 is 0 Å². The van der Waals surface area contributed by atoms with Crippen molar-refractivity contribution in [2.24, 2.45) is 5.92 Å². The van der Waals surface area contributed by atoms with Gasteiger partial charge in [-0.3, -0.25) is 4.79 Å². The molecule has 2 aromatic carbocycles. The number of carbonyl (C=O) groups is 1. The number of halogens is 3. The van der Waals surface area contributed by atoms with Crippen LogP contribution in [0.2, 0.25) is 0 Å². The van der Waals surface area contributed by atoms with E-state index in [9.17, 15) is 18.0 Å². The van der Waals surface area contributed by atoms with Crippen LogP contribution in [-0.2, 0) is 6.18 Å². The van der Waals surface area contributed by atoms with Crippen LogP contribution in [0.4, 0.5) is 18.9 Å². The molecule has 208 valence electrons. The fourth-order valence-electron chi connectivity index (χ4n) is 5.44.